The molecule has 2 heterocycles. The van der Waals surface area contributed by atoms with Gasteiger partial charge in [0, 0.05) is 31.2 Å². The van der Waals surface area contributed by atoms with Crippen LogP contribution in [-0.4, -0.2) is 10.2 Å². The Morgan fingerprint density at radius 2 is 1.49 bits per heavy atom. The van der Waals surface area contributed by atoms with Gasteiger partial charge in [-0.15, -0.1) is 10.5 Å². The fourth-order valence-corrected chi connectivity index (χ4v) is 4.35. The first-order valence-electron chi connectivity index (χ1n) is 9.73. The molecule has 0 atom stereocenters. The molecule has 0 bridgehead atoms. The Morgan fingerprint density at radius 1 is 0.800 bits per heavy atom. The Hall–Kier alpha value is -3.01. The minimum absolute atomic E-state index is 0. The van der Waals surface area contributed by atoms with E-state index in [1.165, 1.54) is 11.3 Å². The fraction of sp³-hybridized carbons (Fsp3) is 0.0833. The first-order valence-corrected chi connectivity index (χ1v) is 10.6. The molecule has 2 aromatic heterocycles. The van der Waals surface area contributed by atoms with E-state index in [1.54, 1.807) is 35.7 Å². The molecular formula is C24H11F6IrN2OS-. The van der Waals surface area contributed by atoms with Crippen molar-refractivity contribution in [3.05, 3.63) is 83.2 Å². The molecule has 35 heavy (non-hydrogen) atoms. The van der Waals surface area contributed by atoms with Crippen LogP contribution in [0.1, 0.15) is 11.1 Å². The molecule has 0 unspecified atom stereocenters. The number of halogens is 6. The molecule has 0 amide bonds. The van der Waals surface area contributed by atoms with Gasteiger partial charge < -0.3 is 4.74 Å². The summed E-state index contributed by atoms with van der Waals surface area (Å²) in [7, 11) is 0. The van der Waals surface area contributed by atoms with Gasteiger partial charge in [-0.25, -0.2) is 16.4 Å². The Bertz CT molecular complexity index is 1520. The molecule has 0 fully saturated rings. The quantitative estimate of drug-likeness (QED) is 0.110. The molecule has 181 valence electrons. The topological polar surface area (TPSA) is 35.0 Å². The van der Waals surface area contributed by atoms with Crippen molar-refractivity contribution >= 4 is 32.9 Å². The third-order valence-electron chi connectivity index (χ3n) is 5.12. The molecule has 3 nitrogen and oxygen atoms in total. The molecule has 5 rings (SSSR count). The normalized spacial score (nSPS) is 12.1. The number of alkyl halides is 6. The molecule has 1 radical (unpaired) electrons. The van der Waals surface area contributed by atoms with E-state index in [9.17, 15) is 26.3 Å². The summed E-state index contributed by atoms with van der Waals surface area (Å²) in [6.07, 6.45) is -10.5. The first-order chi connectivity index (χ1) is 16.1. The SMILES string of the molecule is FC(F)(F)c1cccc(Oc2nnc(-c3[c-]ccs3)c3cc4ccccc4cc23)c1C(F)(F)F.[Ir]. The Kier molecular flexibility index (Phi) is 6.61. The number of rotatable bonds is 3. The Balaban J connectivity index is 0.00000289. The number of hydrogen-bond acceptors (Lipinski definition) is 4. The van der Waals surface area contributed by atoms with E-state index in [0.717, 1.165) is 22.9 Å². The van der Waals surface area contributed by atoms with E-state index in [0.29, 0.717) is 27.4 Å². The van der Waals surface area contributed by atoms with Crippen molar-refractivity contribution in [2.24, 2.45) is 0 Å². The van der Waals surface area contributed by atoms with Gasteiger partial charge in [-0.05, 0) is 34.4 Å². The van der Waals surface area contributed by atoms with Crippen molar-refractivity contribution < 1.29 is 51.2 Å². The minimum atomic E-state index is -5.32. The zero-order valence-corrected chi connectivity index (χ0v) is 20.4. The van der Waals surface area contributed by atoms with E-state index >= 15 is 0 Å². The van der Waals surface area contributed by atoms with E-state index in [-0.39, 0.29) is 26.0 Å². The van der Waals surface area contributed by atoms with Gasteiger partial charge in [0.2, 0.25) is 5.88 Å². The van der Waals surface area contributed by atoms with Crippen LogP contribution >= 0.6 is 11.3 Å². The van der Waals surface area contributed by atoms with Crippen molar-refractivity contribution in [2.45, 2.75) is 12.4 Å². The third kappa shape index (κ3) is 4.76. The van der Waals surface area contributed by atoms with Crippen molar-refractivity contribution in [1.82, 2.24) is 10.2 Å². The van der Waals surface area contributed by atoms with Crippen molar-refractivity contribution in [2.75, 3.05) is 0 Å². The largest absolute Gasteiger partial charge is 0.436 e. The molecule has 0 saturated carbocycles. The van der Waals surface area contributed by atoms with Gasteiger partial charge in [-0.3, -0.25) is 0 Å². The molecule has 0 aliphatic carbocycles. The first kappa shape index (κ1) is 25.1. The van der Waals surface area contributed by atoms with Gasteiger partial charge in [0.05, 0.1) is 5.56 Å². The average molecular weight is 682 g/mol. The van der Waals surface area contributed by atoms with Gasteiger partial charge in [-0.1, -0.05) is 41.3 Å². The van der Waals surface area contributed by atoms with Crippen molar-refractivity contribution in [1.29, 1.82) is 0 Å². The van der Waals surface area contributed by atoms with E-state index < -0.39 is 29.2 Å². The second kappa shape index (κ2) is 9.22. The Morgan fingerprint density at radius 3 is 2.09 bits per heavy atom. The molecule has 0 aliphatic heterocycles. The van der Waals surface area contributed by atoms with Gasteiger partial charge in [-0.2, -0.15) is 38.5 Å². The number of thiophene rings is 1. The standard InChI is InChI=1S/C24H11F6N2OS.Ir/c25-23(26,27)17-7-3-8-18(20(17)24(28,29)30)33-22-16-12-14-6-2-1-5-13(14)11-15(16)21(31-32-22)19-9-4-10-34-19;/h1-8,10-12H;/q-1;. The number of ether oxygens (including phenoxy) is 1. The molecule has 0 N–H and O–H groups in total. The summed E-state index contributed by atoms with van der Waals surface area (Å²) in [6, 6.07) is 17.5. The minimum Gasteiger partial charge on any atom is -0.436 e. The molecule has 0 spiro atoms. The molecule has 0 saturated heterocycles. The van der Waals surface area contributed by atoms with E-state index in [2.05, 4.69) is 16.3 Å². The fourth-order valence-electron chi connectivity index (χ4n) is 3.68. The predicted molar refractivity (Wildman–Crippen MR) is 116 cm³/mol. The van der Waals surface area contributed by atoms with Crippen LogP contribution in [0.25, 0.3) is 32.1 Å². The second-order valence-electron chi connectivity index (χ2n) is 7.27. The smallest absolute Gasteiger partial charge is 0.420 e. The summed E-state index contributed by atoms with van der Waals surface area (Å²) >= 11 is 1.34. The number of aromatic nitrogens is 2. The number of fused-ring (bicyclic) bond motifs is 2. The zero-order chi connectivity index (χ0) is 24.1. The van der Waals surface area contributed by atoms with Crippen LogP contribution in [0.4, 0.5) is 26.3 Å². The van der Waals surface area contributed by atoms with Crippen LogP contribution in [0.5, 0.6) is 11.6 Å². The summed E-state index contributed by atoms with van der Waals surface area (Å²) in [5, 5.41) is 12.2. The zero-order valence-electron chi connectivity index (χ0n) is 17.2. The molecule has 11 heteroatoms. The monoisotopic (exact) mass is 682 g/mol. The Labute approximate surface area is 211 Å². The maximum absolute atomic E-state index is 13.7. The molecule has 5 aromatic rings. The maximum atomic E-state index is 13.7. The van der Waals surface area contributed by atoms with Crippen LogP contribution in [0.2, 0.25) is 0 Å². The summed E-state index contributed by atoms with van der Waals surface area (Å²) in [6.45, 7) is 0. The molecular weight excluding hydrogens is 671 g/mol. The van der Waals surface area contributed by atoms with Crippen LogP contribution in [0, 0.1) is 6.07 Å². The molecule has 0 aliphatic rings. The number of nitrogens with zero attached hydrogens (tertiary/aromatic N) is 2. The predicted octanol–water partition coefficient (Wildman–Crippen LogP) is 8.14. The van der Waals surface area contributed by atoms with Crippen LogP contribution in [-0.2, 0) is 32.5 Å². The van der Waals surface area contributed by atoms with Gasteiger partial charge in [0.25, 0.3) is 0 Å². The van der Waals surface area contributed by atoms with E-state index in [1.807, 2.05) is 12.1 Å². The summed E-state index contributed by atoms with van der Waals surface area (Å²) in [5.74, 6) is -1.35. The van der Waals surface area contributed by atoms with E-state index in [4.69, 9.17) is 4.74 Å². The van der Waals surface area contributed by atoms with Crippen molar-refractivity contribution in [3.63, 3.8) is 0 Å². The van der Waals surface area contributed by atoms with Crippen LogP contribution in [0.3, 0.4) is 0 Å². The maximum Gasteiger partial charge on any atom is 0.420 e. The summed E-state index contributed by atoms with van der Waals surface area (Å²) < 4.78 is 86.5. The third-order valence-corrected chi connectivity index (χ3v) is 5.94. The summed E-state index contributed by atoms with van der Waals surface area (Å²) in [4.78, 5) is 0.648. The van der Waals surface area contributed by atoms with Crippen LogP contribution < -0.4 is 4.74 Å². The number of benzene rings is 3. The van der Waals surface area contributed by atoms with Crippen LogP contribution in [0.15, 0.2) is 66.0 Å². The summed E-state index contributed by atoms with van der Waals surface area (Å²) in [5.41, 5.74) is -3.33. The van der Waals surface area contributed by atoms with Gasteiger partial charge >= 0.3 is 12.4 Å². The number of hydrogen-bond donors (Lipinski definition) is 0. The second-order valence-corrected chi connectivity index (χ2v) is 8.19. The van der Waals surface area contributed by atoms with Gasteiger partial charge in [0.15, 0.2) is 0 Å². The molecule has 3 aromatic carbocycles. The van der Waals surface area contributed by atoms with Gasteiger partial charge in [0.1, 0.15) is 11.3 Å². The van der Waals surface area contributed by atoms with Crippen molar-refractivity contribution in [3.8, 4) is 22.2 Å². The average Bonchev–Trinajstić information content (AvgIpc) is 3.31.